The average Bonchev–Trinajstić information content (AvgIpc) is 3.11. The van der Waals surface area contributed by atoms with Crippen molar-refractivity contribution in [2.24, 2.45) is 0 Å². The molecule has 11 heteroatoms. The second-order valence-corrected chi connectivity index (χ2v) is 11.2. The summed E-state index contributed by atoms with van der Waals surface area (Å²) < 4.78 is 26.7. The highest BCUT2D eigenvalue weighted by atomic mass is 35.5. The van der Waals surface area contributed by atoms with Gasteiger partial charge >= 0.3 is 0 Å². The lowest BCUT2D eigenvalue weighted by Crippen LogP contribution is -2.36. The highest BCUT2D eigenvalue weighted by molar-refractivity contribution is 7.89. The molecule has 0 atom stereocenters. The summed E-state index contributed by atoms with van der Waals surface area (Å²) in [4.78, 5) is 21.8. The van der Waals surface area contributed by atoms with Crippen LogP contribution in [-0.4, -0.2) is 69.8 Å². The van der Waals surface area contributed by atoms with E-state index >= 15 is 0 Å². The molecule has 0 unspecified atom stereocenters. The Morgan fingerprint density at radius 2 is 1.69 bits per heavy atom. The highest BCUT2D eigenvalue weighted by Gasteiger charge is 2.23. The smallest absolute Gasteiger partial charge is 0.260 e. The summed E-state index contributed by atoms with van der Waals surface area (Å²) in [6, 6.07) is 9.68. The molecule has 174 valence electrons. The third-order valence-electron chi connectivity index (χ3n) is 4.77. The number of likely N-dealkylation sites (N-methyl/N-ethyl adjacent to an activating group) is 1. The van der Waals surface area contributed by atoms with Crippen molar-refractivity contribution in [2.45, 2.75) is 11.8 Å². The zero-order valence-corrected chi connectivity index (χ0v) is 21.7. The summed E-state index contributed by atoms with van der Waals surface area (Å²) >= 11 is 7.60. The molecule has 32 heavy (non-hydrogen) atoms. The average molecular weight is 518 g/mol. The molecule has 0 aliphatic carbocycles. The molecule has 3 rings (SSSR count). The quantitative estimate of drug-likeness (QED) is 0.471. The van der Waals surface area contributed by atoms with Crippen molar-refractivity contribution in [3.05, 3.63) is 52.5 Å². The molecule has 0 aliphatic rings. The first-order valence-corrected chi connectivity index (χ1v) is 12.2. The Morgan fingerprint density at radius 1 is 1.06 bits per heavy atom. The SMILES string of the molecule is Cc1cc(Cl)cc2sc(N(CCN(C)C)C(=O)c3ccc(S(=O)(=O)N(C)C)cc3)nc12.Cl. The summed E-state index contributed by atoms with van der Waals surface area (Å²) in [5, 5.41) is 1.21. The Bertz CT molecular complexity index is 1210. The molecule has 0 saturated heterocycles. The van der Waals surface area contributed by atoms with Gasteiger partial charge in [0.15, 0.2) is 5.13 Å². The first-order chi connectivity index (χ1) is 14.5. The Labute approximate surface area is 204 Å². The molecule has 0 spiro atoms. The molecular formula is C21H26Cl2N4O3S2. The molecule has 0 aliphatic heterocycles. The molecule has 0 N–H and O–H groups in total. The number of carbonyl (C=O) groups excluding carboxylic acids is 1. The Hall–Kier alpha value is -1.75. The number of fused-ring (bicyclic) bond motifs is 1. The lowest BCUT2D eigenvalue weighted by atomic mass is 10.2. The van der Waals surface area contributed by atoms with E-state index in [0.717, 1.165) is 20.1 Å². The molecule has 0 saturated carbocycles. The lowest BCUT2D eigenvalue weighted by molar-refractivity contribution is 0.0985. The monoisotopic (exact) mass is 516 g/mol. The topological polar surface area (TPSA) is 73.8 Å². The first-order valence-electron chi connectivity index (χ1n) is 9.56. The molecule has 1 amide bonds. The number of halogens is 2. The number of anilines is 1. The number of hydrogen-bond acceptors (Lipinski definition) is 6. The van der Waals surface area contributed by atoms with Crippen molar-refractivity contribution in [1.82, 2.24) is 14.2 Å². The minimum absolute atomic E-state index is 0. The van der Waals surface area contributed by atoms with Gasteiger partial charge in [0.25, 0.3) is 5.91 Å². The number of nitrogens with zero attached hydrogens (tertiary/aromatic N) is 4. The molecule has 1 heterocycles. The minimum atomic E-state index is -3.56. The second-order valence-electron chi connectivity index (χ2n) is 7.64. The second kappa shape index (κ2) is 10.5. The molecular weight excluding hydrogens is 491 g/mol. The maximum absolute atomic E-state index is 13.4. The number of sulfonamides is 1. The van der Waals surface area contributed by atoms with Crippen LogP contribution in [-0.2, 0) is 10.0 Å². The van der Waals surface area contributed by atoms with Gasteiger partial charge in [0.05, 0.1) is 15.1 Å². The Morgan fingerprint density at radius 3 is 2.25 bits per heavy atom. The lowest BCUT2D eigenvalue weighted by Gasteiger charge is -2.22. The van der Waals surface area contributed by atoms with E-state index in [4.69, 9.17) is 16.6 Å². The van der Waals surface area contributed by atoms with E-state index in [1.54, 1.807) is 4.90 Å². The van der Waals surface area contributed by atoms with Crippen LogP contribution in [0.2, 0.25) is 5.02 Å². The van der Waals surface area contributed by atoms with Gasteiger partial charge in [0.1, 0.15) is 0 Å². The van der Waals surface area contributed by atoms with Gasteiger partial charge < -0.3 is 4.90 Å². The third-order valence-corrected chi connectivity index (χ3v) is 7.84. The molecule has 7 nitrogen and oxygen atoms in total. The third kappa shape index (κ3) is 5.59. The first kappa shape index (κ1) is 26.5. The number of rotatable bonds is 7. The molecule has 0 bridgehead atoms. The van der Waals surface area contributed by atoms with E-state index in [1.165, 1.54) is 49.7 Å². The van der Waals surface area contributed by atoms with E-state index in [9.17, 15) is 13.2 Å². The van der Waals surface area contributed by atoms with Crippen molar-refractivity contribution >= 4 is 66.6 Å². The van der Waals surface area contributed by atoms with Crippen molar-refractivity contribution in [3.63, 3.8) is 0 Å². The van der Waals surface area contributed by atoms with Crippen LogP contribution < -0.4 is 4.90 Å². The number of benzene rings is 2. The van der Waals surface area contributed by atoms with Gasteiger partial charge in [-0.1, -0.05) is 22.9 Å². The molecule has 2 aromatic carbocycles. The molecule has 1 aromatic heterocycles. The van der Waals surface area contributed by atoms with Crippen LogP contribution in [0.15, 0.2) is 41.3 Å². The summed E-state index contributed by atoms with van der Waals surface area (Å²) in [5.41, 5.74) is 2.16. The fraction of sp³-hybridized carbons (Fsp3) is 0.333. The van der Waals surface area contributed by atoms with Crippen LogP contribution in [0.1, 0.15) is 15.9 Å². The number of carbonyl (C=O) groups is 1. The standard InChI is InChI=1S/C21H25ClN4O3S2.ClH/c1-14-12-16(22)13-18-19(14)23-21(30-18)26(11-10-24(2)3)20(27)15-6-8-17(9-7-15)31(28,29)25(4)5;/h6-9,12-13H,10-11H2,1-5H3;1H. The van der Waals surface area contributed by atoms with Crippen molar-refractivity contribution in [3.8, 4) is 0 Å². The minimum Gasteiger partial charge on any atom is -0.308 e. The van der Waals surface area contributed by atoms with Crippen LogP contribution in [0.3, 0.4) is 0 Å². The van der Waals surface area contributed by atoms with Crippen LogP contribution in [0.5, 0.6) is 0 Å². The van der Waals surface area contributed by atoms with Gasteiger partial charge in [-0.05, 0) is 63.0 Å². The maximum atomic E-state index is 13.4. The normalized spacial score (nSPS) is 11.8. The van der Waals surface area contributed by atoms with E-state index in [1.807, 2.05) is 38.1 Å². The van der Waals surface area contributed by atoms with Crippen LogP contribution >= 0.6 is 35.3 Å². The van der Waals surface area contributed by atoms with Crippen LogP contribution in [0.25, 0.3) is 10.2 Å². The summed E-state index contributed by atoms with van der Waals surface area (Å²) in [5.74, 6) is -0.238. The predicted octanol–water partition coefficient (Wildman–Crippen LogP) is 4.14. The predicted molar refractivity (Wildman–Crippen MR) is 134 cm³/mol. The summed E-state index contributed by atoms with van der Waals surface area (Å²) in [6.07, 6.45) is 0. The molecule has 0 fully saturated rings. The van der Waals surface area contributed by atoms with Crippen LogP contribution in [0, 0.1) is 6.92 Å². The number of aryl methyl sites for hydroxylation is 1. The number of thiazole rings is 1. The Balaban J connectivity index is 0.00000363. The van der Waals surface area contributed by atoms with Crippen molar-refractivity contribution in [1.29, 1.82) is 0 Å². The highest BCUT2D eigenvalue weighted by Crippen LogP contribution is 2.33. The van der Waals surface area contributed by atoms with Gasteiger partial charge in [-0.25, -0.2) is 17.7 Å². The van der Waals surface area contributed by atoms with Crippen molar-refractivity contribution in [2.75, 3.05) is 46.2 Å². The van der Waals surface area contributed by atoms with Gasteiger partial charge in [0, 0.05) is 37.8 Å². The van der Waals surface area contributed by atoms with Gasteiger partial charge in [0.2, 0.25) is 10.0 Å². The van der Waals surface area contributed by atoms with E-state index in [0.29, 0.717) is 28.8 Å². The Kier molecular flexibility index (Phi) is 8.66. The van der Waals surface area contributed by atoms with E-state index in [2.05, 4.69) is 0 Å². The zero-order chi connectivity index (χ0) is 22.9. The fourth-order valence-corrected chi connectivity index (χ4v) is 5.32. The van der Waals surface area contributed by atoms with Gasteiger partial charge in [-0.2, -0.15) is 0 Å². The van der Waals surface area contributed by atoms with Gasteiger partial charge in [-0.15, -0.1) is 12.4 Å². The zero-order valence-electron chi connectivity index (χ0n) is 18.5. The fourth-order valence-electron chi connectivity index (χ4n) is 2.98. The van der Waals surface area contributed by atoms with Crippen LogP contribution in [0.4, 0.5) is 5.13 Å². The van der Waals surface area contributed by atoms with Crippen molar-refractivity contribution < 1.29 is 13.2 Å². The summed E-state index contributed by atoms with van der Waals surface area (Å²) in [7, 11) is 3.25. The van der Waals surface area contributed by atoms with Gasteiger partial charge in [-0.3, -0.25) is 9.69 Å². The number of amides is 1. The summed E-state index contributed by atoms with van der Waals surface area (Å²) in [6.45, 7) is 3.03. The molecule has 3 aromatic rings. The number of hydrogen-bond donors (Lipinski definition) is 0. The van der Waals surface area contributed by atoms with E-state index in [-0.39, 0.29) is 23.2 Å². The molecule has 0 radical (unpaired) electrons. The number of aromatic nitrogens is 1. The van der Waals surface area contributed by atoms with E-state index < -0.39 is 10.0 Å². The largest absolute Gasteiger partial charge is 0.308 e. The maximum Gasteiger partial charge on any atom is 0.260 e.